The van der Waals surface area contributed by atoms with Gasteiger partial charge in [0.25, 0.3) is 0 Å². The van der Waals surface area contributed by atoms with Crippen LogP contribution in [0.5, 0.6) is 0 Å². The number of rotatable bonds is 7. The molecule has 96 valence electrons. The van der Waals surface area contributed by atoms with Gasteiger partial charge in [-0.2, -0.15) is 0 Å². The molecule has 16 heavy (non-hydrogen) atoms. The number of piperidine rings is 1. The monoisotopic (exact) mass is 228 g/mol. The lowest BCUT2D eigenvalue weighted by Gasteiger charge is -2.31. The summed E-state index contributed by atoms with van der Waals surface area (Å²) in [7, 11) is 3.88. The Kier molecular flexibility index (Phi) is 7.01. The topological polar surface area (TPSA) is 24.5 Å². The molecule has 1 aliphatic heterocycles. The minimum atomic E-state index is 0.477. The second-order valence-electron chi connectivity index (χ2n) is 4.99. The second kappa shape index (κ2) is 8.04. The maximum absolute atomic E-state index is 5.43. The highest BCUT2D eigenvalue weighted by Crippen LogP contribution is 2.13. The summed E-state index contributed by atoms with van der Waals surface area (Å²) in [5, 5.41) is 3.29. The highest BCUT2D eigenvalue weighted by Gasteiger charge is 2.18. The van der Waals surface area contributed by atoms with Crippen molar-refractivity contribution in [3.05, 3.63) is 0 Å². The largest absolute Gasteiger partial charge is 0.380 e. The van der Waals surface area contributed by atoms with Crippen LogP contribution in [0.4, 0.5) is 0 Å². The van der Waals surface area contributed by atoms with Gasteiger partial charge in [-0.3, -0.25) is 0 Å². The number of nitrogens with zero attached hydrogens (tertiary/aromatic N) is 1. The summed E-state index contributed by atoms with van der Waals surface area (Å²) in [4.78, 5) is 2.56. The van der Waals surface area contributed by atoms with Crippen LogP contribution in [0.25, 0.3) is 0 Å². The van der Waals surface area contributed by atoms with Crippen LogP contribution in [-0.4, -0.2) is 50.8 Å². The summed E-state index contributed by atoms with van der Waals surface area (Å²) in [5.74, 6) is 0. The lowest BCUT2D eigenvalue weighted by molar-refractivity contribution is 0.0308. The Bertz CT molecular complexity index is 175. The van der Waals surface area contributed by atoms with Crippen LogP contribution >= 0.6 is 0 Å². The van der Waals surface area contributed by atoms with Gasteiger partial charge in [0.05, 0.1) is 6.10 Å². The number of likely N-dealkylation sites (tertiary alicyclic amines) is 1. The van der Waals surface area contributed by atoms with E-state index in [0.717, 1.165) is 6.54 Å². The fourth-order valence-corrected chi connectivity index (χ4v) is 2.34. The van der Waals surface area contributed by atoms with Crippen LogP contribution in [0.2, 0.25) is 0 Å². The molecule has 1 aliphatic rings. The minimum absolute atomic E-state index is 0.477. The van der Waals surface area contributed by atoms with Gasteiger partial charge in [0, 0.05) is 19.7 Å². The molecule has 0 aromatic rings. The van der Waals surface area contributed by atoms with Crippen molar-refractivity contribution in [1.29, 1.82) is 0 Å². The van der Waals surface area contributed by atoms with E-state index in [1.54, 1.807) is 0 Å². The molecule has 3 nitrogen and oxygen atoms in total. The van der Waals surface area contributed by atoms with Gasteiger partial charge in [0.15, 0.2) is 0 Å². The van der Waals surface area contributed by atoms with Crippen molar-refractivity contribution in [2.45, 2.75) is 51.2 Å². The lowest BCUT2D eigenvalue weighted by Crippen LogP contribution is -2.39. The van der Waals surface area contributed by atoms with Crippen molar-refractivity contribution < 1.29 is 4.74 Å². The number of nitrogens with one attached hydrogen (secondary N) is 1. The summed E-state index contributed by atoms with van der Waals surface area (Å²) < 4.78 is 5.43. The van der Waals surface area contributed by atoms with Crippen LogP contribution in [-0.2, 0) is 4.74 Å². The van der Waals surface area contributed by atoms with E-state index >= 15 is 0 Å². The fourth-order valence-electron chi connectivity index (χ4n) is 2.34. The van der Waals surface area contributed by atoms with Crippen molar-refractivity contribution in [3.63, 3.8) is 0 Å². The Morgan fingerprint density at radius 1 is 1.44 bits per heavy atom. The Hall–Kier alpha value is -0.120. The Balaban J connectivity index is 2.04. The molecule has 1 heterocycles. The van der Waals surface area contributed by atoms with Crippen LogP contribution in [0.3, 0.4) is 0 Å². The molecule has 3 heteroatoms. The van der Waals surface area contributed by atoms with E-state index in [-0.39, 0.29) is 0 Å². The summed E-state index contributed by atoms with van der Waals surface area (Å²) in [6.07, 6.45) is 6.95. The van der Waals surface area contributed by atoms with Gasteiger partial charge in [-0.15, -0.1) is 0 Å². The third-order valence-corrected chi connectivity index (χ3v) is 3.65. The normalized spacial score (nSPS) is 24.6. The molecule has 0 spiro atoms. The molecule has 0 radical (unpaired) electrons. The summed E-state index contributed by atoms with van der Waals surface area (Å²) in [6.45, 7) is 5.90. The minimum Gasteiger partial charge on any atom is -0.380 e. The zero-order valence-electron chi connectivity index (χ0n) is 11.2. The summed E-state index contributed by atoms with van der Waals surface area (Å²) in [5.41, 5.74) is 0. The lowest BCUT2D eigenvalue weighted by atomic mass is 10.1. The molecule has 0 aromatic heterocycles. The van der Waals surface area contributed by atoms with Crippen molar-refractivity contribution in [2.75, 3.05) is 33.8 Å². The van der Waals surface area contributed by atoms with Crippen LogP contribution < -0.4 is 5.32 Å². The SMILES string of the molecule is CNC(C)CCCCN1CCCC(OC)C1. The first-order valence-electron chi connectivity index (χ1n) is 6.68. The van der Waals surface area contributed by atoms with E-state index < -0.39 is 0 Å². The van der Waals surface area contributed by atoms with E-state index in [9.17, 15) is 0 Å². The molecule has 1 fully saturated rings. The number of methoxy groups -OCH3 is 1. The van der Waals surface area contributed by atoms with E-state index in [1.807, 2.05) is 14.2 Å². The average Bonchev–Trinajstić information content (AvgIpc) is 2.34. The van der Waals surface area contributed by atoms with Gasteiger partial charge in [0.1, 0.15) is 0 Å². The van der Waals surface area contributed by atoms with Crippen LogP contribution in [0, 0.1) is 0 Å². The molecule has 0 aromatic carbocycles. The van der Waals surface area contributed by atoms with E-state index in [2.05, 4.69) is 17.1 Å². The predicted molar refractivity (Wildman–Crippen MR) is 68.8 cm³/mol. The van der Waals surface area contributed by atoms with Gasteiger partial charge < -0.3 is 15.0 Å². The Morgan fingerprint density at radius 3 is 2.94 bits per heavy atom. The van der Waals surface area contributed by atoms with Crippen molar-refractivity contribution in [1.82, 2.24) is 10.2 Å². The number of unbranched alkanes of at least 4 members (excludes halogenated alkanes) is 1. The summed E-state index contributed by atoms with van der Waals surface area (Å²) in [6, 6.07) is 0.660. The van der Waals surface area contributed by atoms with Gasteiger partial charge in [0.2, 0.25) is 0 Å². The smallest absolute Gasteiger partial charge is 0.0698 e. The number of ether oxygens (including phenoxy) is 1. The highest BCUT2D eigenvalue weighted by atomic mass is 16.5. The number of hydrogen-bond donors (Lipinski definition) is 1. The quantitative estimate of drug-likeness (QED) is 0.673. The maximum atomic E-state index is 5.43. The molecule has 2 atom stereocenters. The van der Waals surface area contributed by atoms with Crippen molar-refractivity contribution in [3.8, 4) is 0 Å². The first-order valence-corrected chi connectivity index (χ1v) is 6.68. The van der Waals surface area contributed by atoms with Gasteiger partial charge in [-0.25, -0.2) is 0 Å². The first-order chi connectivity index (χ1) is 7.76. The maximum Gasteiger partial charge on any atom is 0.0698 e. The number of hydrogen-bond acceptors (Lipinski definition) is 3. The third kappa shape index (κ3) is 5.28. The molecule has 2 unspecified atom stereocenters. The van der Waals surface area contributed by atoms with Gasteiger partial charge in [-0.05, 0) is 52.7 Å². The van der Waals surface area contributed by atoms with E-state index in [0.29, 0.717) is 12.1 Å². The van der Waals surface area contributed by atoms with E-state index in [4.69, 9.17) is 4.74 Å². The van der Waals surface area contributed by atoms with Gasteiger partial charge >= 0.3 is 0 Å². The molecule has 1 rings (SSSR count). The molecule has 1 saturated heterocycles. The third-order valence-electron chi connectivity index (χ3n) is 3.65. The summed E-state index contributed by atoms with van der Waals surface area (Å²) >= 11 is 0. The van der Waals surface area contributed by atoms with Crippen LogP contribution in [0.1, 0.15) is 39.0 Å². The molecule has 0 aliphatic carbocycles. The standard InChI is InChI=1S/C13H28N2O/c1-12(14-2)7-4-5-9-15-10-6-8-13(11-15)16-3/h12-14H,4-11H2,1-3H3. The molecule has 1 N–H and O–H groups in total. The van der Waals surface area contributed by atoms with Crippen molar-refractivity contribution in [2.24, 2.45) is 0 Å². The van der Waals surface area contributed by atoms with Crippen LogP contribution in [0.15, 0.2) is 0 Å². The highest BCUT2D eigenvalue weighted by molar-refractivity contribution is 4.73. The molecule has 0 bridgehead atoms. The molecular formula is C13H28N2O. The zero-order chi connectivity index (χ0) is 11.8. The predicted octanol–water partition coefficient (Wildman–Crippen LogP) is 1.88. The van der Waals surface area contributed by atoms with Gasteiger partial charge in [-0.1, -0.05) is 6.42 Å². The molecule has 0 saturated carbocycles. The first kappa shape index (κ1) is 13.9. The van der Waals surface area contributed by atoms with Crippen molar-refractivity contribution >= 4 is 0 Å². The Morgan fingerprint density at radius 2 is 2.25 bits per heavy atom. The Labute approximate surface area is 101 Å². The average molecular weight is 228 g/mol. The zero-order valence-corrected chi connectivity index (χ0v) is 11.2. The van der Waals surface area contributed by atoms with E-state index in [1.165, 1.54) is 45.2 Å². The molecular weight excluding hydrogens is 200 g/mol. The fraction of sp³-hybridized carbons (Fsp3) is 1.00. The second-order valence-corrected chi connectivity index (χ2v) is 4.99. The molecule has 0 amide bonds.